The smallest absolute Gasteiger partial charge is 0.407 e. The van der Waals surface area contributed by atoms with Crippen molar-refractivity contribution in [1.82, 2.24) is 10.2 Å². The molecule has 7 nitrogen and oxygen atoms in total. The zero-order chi connectivity index (χ0) is 24.8. The second-order valence-corrected chi connectivity index (χ2v) is 9.32. The number of hydrogen-bond acceptors (Lipinski definition) is 4. The standard InChI is InChI=1S/C28H30N2O5/c1-2-16-30(18-26(32)33)25(31)17-28(14-8-3-9-15-28)29-27(34)35-19-24-22-12-6-4-10-20(22)21-11-5-7-13-23(21)24/h1,4-7,10-13,24H,3,8-9,14-19H2,(H,29,34)(H,32,33). The van der Waals surface area contributed by atoms with E-state index in [4.69, 9.17) is 16.3 Å². The molecule has 2 aliphatic rings. The van der Waals surface area contributed by atoms with Crippen molar-refractivity contribution in [2.75, 3.05) is 19.7 Å². The van der Waals surface area contributed by atoms with Gasteiger partial charge in [-0.1, -0.05) is 73.7 Å². The van der Waals surface area contributed by atoms with Gasteiger partial charge in [0.2, 0.25) is 5.91 Å². The molecule has 0 heterocycles. The number of carbonyl (C=O) groups is 3. The highest BCUT2D eigenvalue weighted by Gasteiger charge is 2.38. The number of amides is 2. The van der Waals surface area contributed by atoms with Gasteiger partial charge in [-0.15, -0.1) is 6.42 Å². The van der Waals surface area contributed by atoms with E-state index in [2.05, 4.69) is 35.5 Å². The first-order chi connectivity index (χ1) is 16.9. The summed E-state index contributed by atoms with van der Waals surface area (Å²) >= 11 is 0. The molecule has 0 aliphatic heterocycles. The van der Waals surface area contributed by atoms with E-state index < -0.39 is 24.1 Å². The number of rotatable bonds is 8. The van der Waals surface area contributed by atoms with Crippen molar-refractivity contribution in [3.8, 4) is 23.5 Å². The summed E-state index contributed by atoms with van der Waals surface area (Å²) in [4.78, 5) is 38.2. The normalized spacial score (nSPS) is 15.9. The summed E-state index contributed by atoms with van der Waals surface area (Å²) in [5.74, 6) is 0.773. The van der Waals surface area contributed by atoms with Crippen LogP contribution in [0.5, 0.6) is 0 Å². The first-order valence-corrected chi connectivity index (χ1v) is 12.0. The van der Waals surface area contributed by atoms with E-state index in [1.165, 1.54) is 0 Å². The third-order valence-electron chi connectivity index (χ3n) is 6.97. The minimum absolute atomic E-state index is 0.00778. The lowest BCUT2D eigenvalue weighted by Gasteiger charge is -2.38. The Bertz CT molecular complexity index is 1100. The number of aliphatic carboxylic acids is 1. The average molecular weight is 475 g/mol. The predicted molar refractivity (Wildman–Crippen MR) is 132 cm³/mol. The summed E-state index contributed by atoms with van der Waals surface area (Å²) in [6.45, 7) is -0.373. The van der Waals surface area contributed by atoms with E-state index in [1.807, 2.05) is 24.3 Å². The predicted octanol–water partition coefficient (Wildman–Crippen LogP) is 4.16. The zero-order valence-electron chi connectivity index (χ0n) is 19.7. The maximum absolute atomic E-state index is 13.0. The number of carboxylic acid groups (broad SMARTS) is 1. The quantitative estimate of drug-likeness (QED) is 0.560. The van der Waals surface area contributed by atoms with Crippen molar-refractivity contribution < 1.29 is 24.2 Å². The summed E-state index contributed by atoms with van der Waals surface area (Å²) < 4.78 is 5.72. The second-order valence-electron chi connectivity index (χ2n) is 9.32. The topological polar surface area (TPSA) is 95.9 Å². The number of terminal acetylenes is 1. The Kier molecular flexibility index (Phi) is 7.40. The maximum Gasteiger partial charge on any atom is 0.407 e. The Hall–Kier alpha value is -3.79. The summed E-state index contributed by atoms with van der Waals surface area (Å²) in [5, 5.41) is 12.1. The number of hydrogen-bond donors (Lipinski definition) is 2. The summed E-state index contributed by atoms with van der Waals surface area (Å²) in [7, 11) is 0. The number of nitrogens with one attached hydrogen (secondary N) is 1. The minimum Gasteiger partial charge on any atom is -0.480 e. The summed E-state index contributed by atoms with van der Waals surface area (Å²) in [5.41, 5.74) is 3.78. The Morgan fingerprint density at radius 3 is 2.20 bits per heavy atom. The van der Waals surface area contributed by atoms with Crippen LogP contribution in [-0.4, -0.2) is 53.2 Å². The maximum atomic E-state index is 13.0. The van der Waals surface area contributed by atoms with Gasteiger partial charge in [0.25, 0.3) is 0 Å². The van der Waals surface area contributed by atoms with Crippen LogP contribution in [0.4, 0.5) is 4.79 Å². The molecule has 2 amide bonds. The number of ether oxygens (including phenoxy) is 1. The minimum atomic E-state index is -1.13. The van der Waals surface area contributed by atoms with Crippen LogP contribution >= 0.6 is 0 Å². The molecule has 0 bridgehead atoms. The molecule has 7 heteroatoms. The lowest BCUT2D eigenvalue weighted by Crippen LogP contribution is -2.53. The number of benzene rings is 2. The van der Waals surface area contributed by atoms with Crippen LogP contribution in [0.2, 0.25) is 0 Å². The van der Waals surface area contributed by atoms with Crippen LogP contribution in [-0.2, 0) is 14.3 Å². The van der Waals surface area contributed by atoms with Gasteiger partial charge in [0.05, 0.1) is 18.5 Å². The largest absolute Gasteiger partial charge is 0.480 e. The monoisotopic (exact) mass is 474 g/mol. The van der Waals surface area contributed by atoms with Crippen LogP contribution in [0, 0.1) is 12.3 Å². The molecule has 2 aromatic rings. The van der Waals surface area contributed by atoms with Crippen LogP contribution in [0.1, 0.15) is 55.6 Å². The first kappa shape index (κ1) is 24.3. The number of alkyl carbamates (subject to hydrolysis) is 1. The average Bonchev–Trinajstić information content (AvgIpc) is 3.16. The zero-order valence-corrected chi connectivity index (χ0v) is 19.7. The van der Waals surface area contributed by atoms with E-state index in [0.717, 1.165) is 46.4 Å². The summed E-state index contributed by atoms with van der Waals surface area (Å²) in [6, 6.07) is 16.3. The molecule has 2 N–H and O–H groups in total. The molecular formula is C28H30N2O5. The van der Waals surface area contributed by atoms with Crippen molar-refractivity contribution in [3.05, 3.63) is 59.7 Å². The molecular weight excluding hydrogens is 444 g/mol. The molecule has 0 unspecified atom stereocenters. The third-order valence-corrected chi connectivity index (χ3v) is 6.97. The van der Waals surface area contributed by atoms with Gasteiger partial charge in [-0.25, -0.2) is 4.79 Å². The van der Waals surface area contributed by atoms with Gasteiger partial charge in [-0.3, -0.25) is 9.59 Å². The highest BCUT2D eigenvalue weighted by molar-refractivity contribution is 5.83. The Labute approximate surface area is 205 Å². The fraction of sp³-hybridized carbons (Fsp3) is 0.393. The first-order valence-electron chi connectivity index (χ1n) is 12.0. The molecule has 35 heavy (non-hydrogen) atoms. The highest BCUT2D eigenvalue weighted by Crippen LogP contribution is 2.44. The molecule has 1 fully saturated rings. The molecule has 4 rings (SSSR count). The van der Waals surface area contributed by atoms with Gasteiger partial charge in [0.15, 0.2) is 0 Å². The van der Waals surface area contributed by atoms with E-state index >= 15 is 0 Å². The molecule has 0 radical (unpaired) electrons. The summed E-state index contributed by atoms with van der Waals surface area (Å²) in [6.07, 6.45) is 8.76. The molecule has 0 saturated heterocycles. The Morgan fingerprint density at radius 1 is 1.03 bits per heavy atom. The fourth-order valence-electron chi connectivity index (χ4n) is 5.33. The fourth-order valence-corrected chi connectivity index (χ4v) is 5.33. The van der Waals surface area contributed by atoms with Gasteiger partial charge < -0.3 is 20.1 Å². The molecule has 0 spiro atoms. The molecule has 2 aliphatic carbocycles. The SMILES string of the molecule is C#CCN(CC(=O)O)C(=O)CC1(NC(=O)OCC2c3ccccc3-c3ccccc32)CCCCC1. The van der Waals surface area contributed by atoms with Crippen molar-refractivity contribution in [1.29, 1.82) is 0 Å². The van der Waals surface area contributed by atoms with Crippen LogP contribution < -0.4 is 5.32 Å². The van der Waals surface area contributed by atoms with Crippen LogP contribution in [0.3, 0.4) is 0 Å². The van der Waals surface area contributed by atoms with E-state index in [1.54, 1.807) is 0 Å². The molecule has 2 aromatic carbocycles. The van der Waals surface area contributed by atoms with Gasteiger partial charge in [-0.2, -0.15) is 0 Å². The third kappa shape index (κ3) is 5.48. The van der Waals surface area contributed by atoms with Gasteiger partial charge in [0.1, 0.15) is 13.2 Å². The number of fused-ring (bicyclic) bond motifs is 3. The Balaban J connectivity index is 1.45. The van der Waals surface area contributed by atoms with Crippen LogP contribution in [0.15, 0.2) is 48.5 Å². The van der Waals surface area contributed by atoms with Gasteiger partial charge in [-0.05, 0) is 35.1 Å². The van der Waals surface area contributed by atoms with Gasteiger partial charge >= 0.3 is 12.1 Å². The molecule has 1 saturated carbocycles. The van der Waals surface area contributed by atoms with Crippen molar-refractivity contribution in [2.45, 2.75) is 50.0 Å². The van der Waals surface area contributed by atoms with E-state index in [9.17, 15) is 14.4 Å². The lowest BCUT2D eigenvalue weighted by molar-refractivity contribution is -0.144. The molecule has 0 atom stereocenters. The van der Waals surface area contributed by atoms with Crippen LogP contribution in [0.25, 0.3) is 11.1 Å². The molecule has 0 aromatic heterocycles. The lowest BCUT2D eigenvalue weighted by atomic mass is 9.79. The number of nitrogens with zero attached hydrogens (tertiary/aromatic N) is 1. The van der Waals surface area contributed by atoms with Crippen molar-refractivity contribution in [3.63, 3.8) is 0 Å². The van der Waals surface area contributed by atoms with E-state index in [0.29, 0.717) is 12.8 Å². The molecule has 182 valence electrons. The number of carbonyl (C=O) groups excluding carboxylic acids is 2. The Morgan fingerprint density at radius 2 is 1.63 bits per heavy atom. The second kappa shape index (κ2) is 10.6. The highest BCUT2D eigenvalue weighted by atomic mass is 16.5. The van der Waals surface area contributed by atoms with Crippen molar-refractivity contribution >= 4 is 18.0 Å². The van der Waals surface area contributed by atoms with Crippen molar-refractivity contribution in [2.24, 2.45) is 0 Å². The van der Waals surface area contributed by atoms with E-state index in [-0.39, 0.29) is 31.4 Å². The number of carboxylic acids is 1. The van der Waals surface area contributed by atoms with Gasteiger partial charge in [0, 0.05) is 5.92 Å².